The molecule has 1 aliphatic rings. The predicted octanol–water partition coefficient (Wildman–Crippen LogP) is 2.63. The quantitative estimate of drug-likeness (QED) is 0.374. The number of carbonyl (C=O) groups is 3. The van der Waals surface area contributed by atoms with Gasteiger partial charge in [-0.15, -0.1) is 0 Å². The highest BCUT2D eigenvalue weighted by Crippen LogP contribution is 2.20. The second kappa shape index (κ2) is 9.70. The van der Waals surface area contributed by atoms with E-state index in [9.17, 15) is 24.5 Å². The number of Topliss-reactive ketones (excluding diaryl/α,β-unsaturated/α-hetero) is 1. The van der Waals surface area contributed by atoms with Crippen LogP contribution in [0.2, 0.25) is 0 Å². The van der Waals surface area contributed by atoms with Gasteiger partial charge in [0.1, 0.15) is 25.0 Å². The molecule has 10 heteroatoms. The van der Waals surface area contributed by atoms with Gasteiger partial charge >= 0.3 is 12.1 Å². The van der Waals surface area contributed by atoms with Gasteiger partial charge < -0.3 is 14.2 Å². The first-order valence-corrected chi connectivity index (χ1v) is 9.35. The van der Waals surface area contributed by atoms with Crippen molar-refractivity contribution in [2.45, 2.75) is 25.7 Å². The van der Waals surface area contributed by atoms with Crippen LogP contribution in [0.5, 0.6) is 5.75 Å². The van der Waals surface area contributed by atoms with Crippen molar-refractivity contribution >= 4 is 23.5 Å². The second-order valence-electron chi connectivity index (χ2n) is 6.82. The van der Waals surface area contributed by atoms with Crippen LogP contribution in [0.25, 0.3) is 0 Å². The Labute approximate surface area is 177 Å². The van der Waals surface area contributed by atoms with E-state index < -0.39 is 23.0 Å². The number of rotatable bonds is 7. The summed E-state index contributed by atoms with van der Waals surface area (Å²) in [6, 6.07) is 11.4. The highest BCUT2D eigenvalue weighted by atomic mass is 16.6. The van der Waals surface area contributed by atoms with Gasteiger partial charge in [0.2, 0.25) is 0 Å². The Bertz CT molecular complexity index is 972. The van der Waals surface area contributed by atoms with Crippen molar-refractivity contribution in [2.75, 3.05) is 13.7 Å². The molecule has 1 heterocycles. The van der Waals surface area contributed by atoms with E-state index in [4.69, 9.17) is 14.2 Å². The molecule has 0 radical (unpaired) electrons. The van der Waals surface area contributed by atoms with E-state index in [0.717, 1.165) is 10.5 Å². The molecule has 2 aromatic carbocycles. The highest BCUT2D eigenvalue weighted by molar-refractivity contribution is 5.95. The largest absolute Gasteiger partial charge is 0.497 e. The maximum absolute atomic E-state index is 12.5. The number of amides is 1. The number of carbonyl (C=O) groups excluding carboxylic acids is 3. The van der Waals surface area contributed by atoms with Crippen molar-refractivity contribution in [2.24, 2.45) is 0 Å². The molecule has 1 aliphatic heterocycles. The van der Waals surface area contributed by atoms with Gasteiger partial charge in [0.05, 0.1) is 18.6 Å². The molecule has 0 unspecified atom stereocenters. The Morgan fingerprint density at radius 2 is 1.61 bits per heavy atom. The average Bonchev–Trinajstić information content (AvgIpc) is 3.18. The first-order valence-electron chi connectivity index (χ1n) is 9.35. The van der Waals surface area contributed by atoms with E-state index in [2.05, 4.69) is 0 Å². The van der Waals surface area contributed by atoms with E-state index in [1.807, 2.05) is 0 Å². The number of nitro groups is 1. The lowest BCUT2D eigenvalue weighted by Crippen LogP contribution is -2.41. The molecule has 0 aliphatic carbocycles. The van der Waals surface area contributed by atoms with Crippen LogP contribution in [0, 0.1) is 10.1 Å². The topological polar surface area (TPSA) is 125 Å². The molecule has 1 fully saturated rings. The number of benzene rings is 2. The number of hydrogen-bond acceptors (Lipinski definition) is 8. The zero-order chi connectivity index (χ0) is 22.4. The number of likely N-dealkylation sites (tertiary alicyclic amines) is 1. The normalized spacial score (nSPS) is 15.5. The van der Waals surface area contributed by atoms with Gasteiger partial charge in [-0.05, 0) is 35.4 Å². The molecule has 3 rings (SSSR count). The first-order chi connectivity index (χ1) is 14.9. The Balaban J connectivity index is 1.56. The van der Waals surface area contributed by atoms with Crippen LogP contribution in [0.15, 0.2) is 48.5 Å². The molecule has 1 amide bonds. The van der Waals surface area contributed by atoms with E-state index in [-0.39, 0.29) is 37.6 Å². The van der Waals surface area contributed by atoms with E-state index in [0.29, 0.717) is 11.3 Å². The van der Waals surface area contributed by atoms with Gasteiger partial charge in [-0.1, -0.05) is 12.1 Å². The Hall–Kier alpha value is -3.95. The van der Waals surface area contributed by atoms with Crippen LogP contribution in [0.1, 0.15) is 17.5 Å². The number of nitro benzene ring substituents is 1. The minimum absolute atomic E-state index is 0.0147. The molecule has 0 saturated carbocycles. The predicted molar refractivity (Wildman–Crippen MR) is 106 cm³/mol. The summed E-state index contributed by atoms with van der Waals surface area (Å²) >= 11 is 0. The molecule has 1 saturated heterocycles. The van der Waals surface area contributed by atoms with Crippen molar-refractivity contribution in [1.82, 2.24) is 4.90 Å². The summed E-state index contributed by atoms with van der Waals surface area (Å²) in [5, 5.41) is 10.7. The molecule has 2 aromatic rings. The maximum atomic E-state index is 12.5. The third-order valence-corrected chi connectivity index (χ3v) is 4.70. The molecule has 1 atom stereocenters. The number of ketones is 1. The van der Waals surface area contributed by atoms with Crippen molar-refractivity contribution in [3.05, 3.63) is 69.8 Å². The zero-order valence-electron chi connectivity index (χ0n) is 16.7. The summed E-state index contributed by atoms with van der Waals surface area (Å²) < 4.78 is 15.5. The van der Waals surface area contributed by atoms with Gasteiger partial charge in [-0.25, -0.2) is 9.59 Å². The zero-order valence-corrected chi connectivity index (χ0v) is 16.7. The molecule has 0 aromatic heterocycles. The van der Waals surface area contributed by atoms with Crippen LogP contribution in [0.4, 0.5) is 10.5 Å². The van der Waals surface area contributed by atoms with E-state index >= 15 is 0 Å². The van der Waals surface area contributed by atoms with Gasteiger partial charge in [0.15, 0.2) is 5.78 Å². The van der Waals surface area contributed by atoms with Gasteiger partial charge in [-0.2, -0.15) is 0 Å². The minimum Gasteiger partial charge on any atom is -0.497 e. The van der Waals surface area contributed by atoms with Crippen molar-refractivity contribution < 1.29 is 33.5 Å². The lowest BCUT2D eigenvalue weighted by atomic mass is 10.2. The standard InChI is InChI=1S/C21H20N2O8/c1-29-18-8-4-15(5-9-18)12-30-20(25)19-10-17(24)11-22(19)21(26)31-13-14-2-6-16(7-3-14)23(27)28/h2-9,19H,10-13H2,1H3/t19-/m0/s1. The summed E-state index contributed by atoms with van der Waals surface area (Å²) in [5.74, 6) is -0.314. The van der Waals surface area contributed by atoms with Crippen LogP contribution < -0.4 is 4.74 Å². The molecule has 0 bridgehead atoms. The third-order valence-electron chi connectivity index (χ3n) is 4.70. The fourth-order valence-electron chi connectivity index (χ4n) is 3.01. The van der Waals surface area contributed by atoms with Crippen molar-refractivity contribution in [3.8, 4) is 5.75 Å². The Kier molecular flexibility index (Phi) is 6.81. The van der Waals surface area contributed by atoms with Crippen molar-refractivity contribution in [1.29, 1.82) is 0 Å². The van der Waals surface area contributed by atoms with Gasteiger partial charge in [0, 0.05) is 18.6 Å². The number of methoxy groups -OCH3 is 1. The summed E-state index contributed by atoms with van der Waals surface area (Å²) in [7, 11) is 1.54. The summed E-state index contributed by atoms with van der Waals surface area (Å²) in [5.41, 5.74) is 1.17. The molecular formula is C21H20N2O8. The number of ether oxygens (including phenoxy) is 3. The first kappa shape index (κ1) is 21.8. The van der Waals surface area contributed by atoms with Crippen LogP contribution in [-0.2, 0) is 32.3 Å². The molecule has 162 valence electrons. The fraction of sp³-hybridized carbons (Fsp3) is 0.286. The lowest BCUT2D eigenvalue weighted by molar-refractivity contribution is -0.384. The summed E-state index contributed by atoms with van der Waals surface area (Å²) in [6.07, 6.45) is -0.982. The fourth-order valence-corrected chi connectivity index (χ4v) is 3.01. The Morgan fingerprint density at radius 1 is 1.03 bits per heavy atom. The number of non-ortho nitro benzene ring substituents is 1. The maximum Gasteiger partial charge on any atom is 0.411 e. The van der Waals surface area contributed by atoms with Crippen LogP contribution in [0.3, 0.4) is 0 Å². The van der Waals surface area contributed by atoms with Crippen LogP contribution >= 0.6 is 0 Å². The van der Waals surface area contributed by atoms with E-state index in [1.165, 1.54) is 24.3 Å². The van der Waals surface area contributed by atoms with Gasteiger partial charge in [0.25, 0.3) is 5.69 Å². The average molecular weight is 428 g/mol. The van der Waals surface area contributed by atoms with E-state index in [1.54, 1.807) is 31.4 Å². The molecular weight excluding hydrogens is 408 g/mol. The van der Waals surface area contributed by atoms with Crippen LogP contribution in [-0.4, -0.2) is 47.4 Å². The number of nitrogens with zero attached hydrogens (tertiary/aromatic N) is 2. The SMILES string of the molecule is COc1ccc(COC(=O)[C@@H]2CC(=O)CN2C(=O)OCc2ccc([N+](=O)[O-])cc2)cc1. The highest BCUT2D eigenvalue weighted by Gasteiger charge is 2.40. The van der Waals surface area contributed by atoms with Gasteiger partial charge in [-0.3, -0.25) is 19.8 Å². The number of esters is 1. The third kappa shape index (κ3) is 5.56. The Morgan fingerprint density at radius 3 is 2.19 bits per heavy atom. The second-order valence-corrected chi connectivity index (χ2v) is 6.82. The summed E-state index contributed by atoms with van der Waals surface area (Å²) in [6.45, 7) is -0.421. The minimum atomic E-state index is -1.06. The molecule has 31 heavy (non-hydrogen) atoms. The number of hydrogen-bond donors (Lipinski definition) is 0. The smallest absolute Gasteiger partial charge is 0.411 e. The molecule has 0 spiro atoms. The monoisotopic (exact) mass is 428 g/mol. The summed E-state index contributed by atoms with van der Waals surface area (Å²) in [4.78, 5) is 47.9. The molecule has 10 nitrogen and oxygen atoms in total. The lowest BCUT2D eigenvalue weighted by Gasteiger charge is -2.21. The van der Waals surface area contributed by atoms with Crippen molar-refractivity contribution in [3.63, 3.8) is 0 Å². The molecule has 0 N–H and O–H groups in total.